The smallest absolute Gasteiger partial charge is 0.277 e. The van der Waals surface area contributed by atoms with Crippen molar-refractivity contribution in [3.63, 3.8) is 0 Å². The number of hydrogen-bond acceptors (Lipinski definition) is 3. The number of nitrogens with two attached hydrogens (primary N) is 1. The van der Waals surface area contributed by atoms with Gasteiger partial charge in [-0.1, -0.05) is 19.9 Å². The van der Waals surface area contributed by atoms with E-state index < -0.39 is 10.2 Å². The third-order valence-electron chi connectivity index (χ3n) is 3.46. The van der Waals surface area contributed by atoms with Crippen molar-refractivity contribution in [2.75, 3.05) is 12.3 Å². The summed E-state index contributed by atoms with van der Waals surface area (Å²) < 4.78 is 29.4. The standard InChI is InChI=1S/C14H23N3O2S/c1-10(2)9-16-20(18,19)17-14-5-3-4-11-8-12(15)6-7-13(11)14/h6-8,10,14,16-17H,3-5,9,15H2,1-2H3. The Morgan fingerprint density at radius 1 is 1.40 bits per heavy atom. The number of anilines is 1. The summed E-state index contributed by atoms with van der Waals surface area (Å²) in [6.45, 7) is 4.39. The summed E-state index contributed by atoms with van der Waals surface area (Å²) in [6.07, 6.45) is 2.74. The molecule has 1 unspecified atom stereocenters. The molecule has 0 saturated carbocycles. The molecule has 0 amide bonds. The SMILES string of the molecule is CC(C)CNS(=O)(=O)NC1CCCc2cc(N)ccc21. The second-order valence-electron chi connectivity index (χ2n) is 5.77. The van der Waals surface area contributed by atoms with Gasteiger partial charge in [-0.2, -0.15) is 13.1 Å². The zero-order valence-electron chi connectivity index (χ0n) is 12.0. The highest BCUT2D eigenvalue weighted by Gasteiger charge is 2.24. The molecule has 0 bridgehead atoms. The van der Waals surface area contributed by atoms with Crippen molar-refractivity contribution < 1.29 is 8.42 Å². The Bertz CT molecular complexity index is 570. The molecule has 0 heterocycles. The summed E-state index contributed by atoms with van der Waals surface area (Å²) in [5.74, 6) is 0.282. The molecule has 1 aromatic rings. The fourth-order valence-electron chi connectivity index (χ4n) is 2.46. The van der Waals surface area contributed by atoms with E-state index in [4.69, 9.17) is 5.73 Å². The van der Waals surface area contributed by atoms with E-state index in [1.807, 2.05) is 32.0 Å². The third kappa shape index (κ3) is 3.94. The molecule has 20 heavy (non-hydrogen) atoms. The Morgan fingerprint density at radius 3 is 2.85 bits per heavy atom. The van der Waals surface area contributed by atoms with Gasteiger partial charge in [0.05, 0.1) is 0 Å². The predicted octanol–water partition coefficient (Wildman–Crippen LogP) is 1.73. The molecule has 1 aliphatic carbocycles. The van der Waals surface area contributed by atoms with Gasteiger partial charge < -0.3 is 5.73 Å². The molecular weight excluding hydrogens is 274 g/mol. The molecule has 1 aliphatic rings. The molecule has 0 aromatic heterocycles. The lowest BCUT2D eigenvalue weighted by Crippen LogP contribution is -2.41. The fraction of sp³-hybridized carbons (Fsp3) is 0.571. The summed E-state index contributed by atoms with van der Waals surface area (Å²) in [7, 11) is -3.46. The van der Waals surface area contributed by atoms with Crippen molar-refractivity contribution >= 4 is 15.9 Å². The van der Waals surface area contributed by atoms with Crippen LogP contribution in [-0.2, 0) is 16.6 Å². The highest BCUT2D eigenvalue weighted by atomic mass is 32.2. The van der Waals surface area contributed by atoms with Crippen molar-refractivity contribution in [2.24, 2.45) is 5.92 Å². The number of rotatable bonds is 5. The van der Waals surface area contributed by atoms with Crippen LogP contribution < -0.4 is 15.2 Å². The summed E-state index contributed by atoms with van der Waals surface area (Å²) in [5.41, 5.74) is 8.70. The molecule has 0 spiro atoms. The normalized spacial score (nSPS) is 19.1. The Hall–Kier alpha value is -1.11. The Labute approximate surface area is 121 Å². The number of fused-ring (bicyclic) bond motifs is 1. The second kappa shape index (κ2) is 6.11. The van der Waals surface area contributed by atoms with Gasteiger partial charge in [0.15, 0.2) is 0 Å². The first kappa shape index (κ1) is 15.3. The van der Waals surface area contributed by atoms with Crippen LogP contribution in [0, 0.1) is 5.92 Å². The van der Waals surface area contributed by atoms with Crippen LogP contribution in [0.25, 0.3) is 0 Å². The molecule has 112 valence electrons. The van der Waals surface area contributed by atoms with Crippen LogP contribution in [0.4, 0.5) is 5.69 Å². The average molecular weight is 297 g/mol. The third-order valence-corrected chi connectivity index (χ3v) is 4.60. The Morgan fingerprint density at radius 2 is 2.15 bits per heavy atom. The molecule has 4 N–H and O–H groups in total. The van der Waals surface area contributed by atoms with Crippen molar-refractivity contribution in [1.82, 2.24) is 9.44 Å². The Kier molecular flexibility index (Phi) is 4.67. The molecule has 0 fully saturated rings. The lowest BCUT2D eigenvalue weighted by atomic mass is 9.88. The van der Waals surface area contributed by atoms with E-state index in [-0.39, 0.29) is 12.0 Å². The maximum absolute atomic E-state index is 12.0. The van der Waals surface area contributed by atoms with Crippen LogP contribution in [-0.4, -0.2) is 15.0 Å². The summed E-state index contributed by atoms with van der Waals surface area (Å²) >= 11 is 0. The first-order valence-corrected chi connectivity index (χ1v) is 8.51. The number of aryl methyl sites for hydroxylation is 1. The molecule has 0 saturated heterocycles. The van der Waals surface area contributed by atoms with E-state index in [2.05, 4.69) is 9.44 Å². The van der Waals surface area contributed by atoms with Crippen molar-refractivity contribution in [1.29, 1.82) is 0 Å². The van der Waals surface area contributed by atoms with Gasteiger partial charge in [-0.05, 0) is 48.4 Å². The lowest BCUT2D eigenvalue weighted by Gasteiger charge is -2.26. The van der Waals surface area contributed by atoms with Gasteiger partial charge >= 0.3 is 0 Å². The van der Waals surface area contributed by atoms with E-state index in [0.29, 0.717) is 6.54 Å². The summed E-state index contributed by atoms with van der Waals surface area (Å²) in [5, 5.41) is 0. The number of nitrogen functional groups attached to an aromatic ring is 1. The van der Waals surface area contributed by atoms with Gasteiger partial charge in [0.25, 0.3) is 10.2 Å². The number of benzene rings is 1. The maximum atomic E-state index is 12.0. The maximum Gasteiger partial charge on any atom is 0.277 e. The van der Waals surface area contributed by atoms with Crippen molar-refractivity contribution in [3.8, 4) is 0 Å². The highest BCUT2D eigenvalue weighted by molar-refractivity contribution is 7.87. The van der Waals surface area contributed by atoms with Crippen molar-refractivity contribution in [2.45, 2.75) is 39.2 Å². The van der Waals surface area contributed by atoms with Gasteiger partial charge in [0.2, 0.25) is 0 Å². The molecule has 0 radical (unpaired) electrons. The van der Waals surface area contributed by atoms with Crippen LogP contribution in [0.1, 0.15) is 43.9 Å². The number of hydrogen-bond donors (Lipinski definition) is 3. The zero-order chi connectivity index (χ0) is 14.8. The van der Waals surface area contributed by atoms with Gasteiger partial charge in [0.1, 0.15) is 0 Å². The quantitative estimate of drug-likeness (QED) is 0.724. The van der Waals surface area contributed by atoms with Crippen LogP contribution in [0.3, 0.4) is 0 Å². The summed E-state index contributed by atoms with van der Waals surface area (Å²) in [6, 6.07) is 5.54. The van der Waals surface area contributed by atoms with Crippen LogP contribution in [0.15, 0.2) is 18.2 Å². The first-order chi connectivity index (χ1) is 9.37. The Balaban J connectivity index is 2.12. The van der Waals surface area contributed by atoms with E-state index in [9.17, 15) is 8.42 Å². The second-order valence-corrected chi connectivity index (χ2v) is 7.30. The van der Waals surface area contributed by atoms with Gasteiger partial charge in [-0.3, -0.25) is 0 Å². The van der Waals surface area contributed by atoms with Crippen LogP contribution >= 0.6 is 0 Å². The highest BCUT2D eigenvalue weighted by Crippen LogP contribution is 2.31. The predicted molar refractivity (Wildman–Crippen MR) is 81.4 cm³/mol. The minimum absolute atomic E-state index is 0.163. The summed E-state index contributed by atoms with van der Waals surface area (Å²) in [4.78, 5) is 0. The van der Waals surface area contributed by atoms with E-state index >= 15 is 0 Å². The molecule has 0 aliphatic heterocycles. The average Bonchev–Trinajstić information content (AvgIpc) is 2.36. The topological polar surface area (TPSA) is 84.2 Å². The minimum Gasteiger partial charge on any atom is -0.399 e. The lowest BCUT2D eigenvalue weighted by molar-refractivity contribution is 0.494. The van der Waals surface area contributed by atoms with Gasteiger partial charge in [-0.25, -0.2) is 4.72 Å². The number of nitrogens with one attached hydrogen (secondary N) is 2. The molecule has 6 heteroatoms. The fourth-order valence-corrected chi connectivity index (χ4v) is 3.72. The van der Waals surface area contributed by atoms with Crippen LogP contribution in [0.2, 0.25) is 0 Å². The first-order valence-electron chi connectivity index (χ1n) is 7.02. The van der Waals surface area contributed by atoms with E-state index in [1.54, 1.807) is 0 Å². The minimum atomic E-state index is -3.46. The molecule has 1 aromatic carbocycles. The van der Waals surface area contributed by atoms with Gasteiger partial charge in [0, 0.05) is 18.3 Å². The van der Waals surface area contributed by atoms with Crippen LogP contribution in [0.5, 0.6) is 0 Å². The van der Waals surface area contributed by atoms with Gasteiger partial charge in [-0.15, -0.1) is 0 Å². The molecule has 2 rings (SSSR count). The van der Waals surface area contributed by atoms with E-state index in [0.717, 1.165) is 36.1 Å². The largest absolute Gasteiger partial charge is 0.399 e. The van der Waals surface area contributed by atoms with E-state index in [1.165, 1.54) is 0 Å². The molecule has 1 atom stereocenters. The molecule has 5 nitrogen and oxygen atoms in total. The molecular formula is C14H23N3O2S. The van der Waals surface area contributed by atoms with Crippen molar-refractivity contribution in [3.05, 3.63) is 29.3 Å². The zero-order valence-corrected chi connectivity index (χ0v) is 12.8. The monoisotopic (exact) mass is 297 g/mol.